The zero-order valence-electron chi connectivity index (χ0n) is 9.38. The standard InChI is InChI=1S/C12H20N2/c1-4-13-6-5-11(3)12-7-10(2)8-14-9-12/h7-9,11,13H,4-6H2,1-3H3. The van der Waals surface area contributed by atoms with Crippen LogP contribution in [0.2, 0.25) is 0 Å². The number of aromatic nitrogens is 1. The SMILES string of the molecule is CCNCCC(C)c1cncc(C)c1. The molecule has 1 heterocycles. The second-order valence-corrected chi connectivity index (χ2v) is 3.84. The number of pyridine rings is 1. The van der Waals surface area contributed by atoms with Crippen LogP contribution >= 0.6 is 0 Å². The Bertz CT molecular complexity index is 271. The monoisotopic (exact) mass is 192 g/mol. The minimum Gasteiger partial charge on any atom is -0.317 e. The van der Waals surface area contributed by atoms with Crippen molar-refractivity contribution in [3.8, 4) is 0 Å². The lowest BCUT2D eigenvalue weighted by molar-refractivity contribution is 0.607. The van der Waals surface area contributed by atoms with Gasteiger partial charge in [-0.05, 0) is 43.5 Å². The fourth-order valence-electron chi connectivity index (χ4n) is 1.51. The molecule has 1 atom stereocenters. The topological polar surface area (TPSA) is 24.9 Å². The molecule has 78 valence electrons. The molecule has 0 aliphatic carbocycles. The molecule has 1 aromatic rings. The van der Waals surface area contributed by atoms with Gasteiger partial charge in [0.2, 0.25) is 0 Å². The maximum Gasteiger partial charge on any atom is 0.0302 e. The molecule has 2 nitrogen and oxygen atoms in total. The molecule has 0 spiro atoms. The second-order valence-electron chi connectivity index (χ2n) is 3.84. The van der Waals surface area contributed by atoms with Gasteiger partial charge in [-0.1, -0.05) is 19.9 Å². The van der Waals surface area contributed by atoms with Crippen LogP contribution in [0.5, 0.6) is 0 Å². The Kier molecular flexibility index (Phi) is 4.60. The van der Waals surface area contributed by atoms with Gasteiger partial charge in [-0.15, -0.1) is 0 Å². The molecule has 0 fully saturated rings. The molecule has 0 aromatic carbocycles. The predicted octanol–water partition coefficient (Wildman–Crippen LogP) is 2.49. The molecule has 1 N–H and O–H groups in total. The Morgan fingerprint density at radius 2 is 2.21 bits per heavy atom. The predicted molar refractivity (Wildman–Crippen MR) is 60.5 cm³/mol. The molecule has 1 unspecified atom stereocenters. The van der Waals surface area contributed by atoms with E-state index in [1.165, 1.54) is 17.5 Å². The third-order valence-electron chi connectivity index (χ3n) is 2.47. The lowest BCUT2D eigenvalue weighted by atomic mass is 9.98. The smallest absolute Gasteiger partial charge is 0.0302 e. The van der Waals surface area contributed by atoms with Gasteiger partial charge in [-0.2, -0.15) is 0 Å². The molecule has 0 saturated carbocycles. The van der Waals surface area contributed by atoms with Gasteiger partial charge in [0.25, 0.3) is 0 Å². The van der Waals surface area contributed by atoms with E-state index in [0.717, 1.165) is 13.1 Å². The van der Waals surface area contributed by atoms with Crippen molar-refractivity contribution in [2.24, 2.45) is 0 Å². The molecule has 0 radical (unpaired) electrons. The van der Waals surface area contributed by atoms with Crippen molar-refractivity contribution < 1.29 is 0 Å². The first-order chi connectivity index (χ1) is 6.74. The van der Waals surface area contributed by atoms with Gasteiger partial charge in [0, 0.05) is 12.4 Å². The van der Waals surface area contributed by atoms with Crippen molar-refractivity contribution >= 4 is 0 Å². The summed E-state index contributed by atoms with van der Waals surface area (Å²) in [6.45, 7) is 8.63. The molecular weight excluding hydrogens is 172 g/mol. The lowest BCUT2D eigenvalue weighted by Gasteiger charge is -2.11. The van der Waals surface area contributed by atoms with E-state index in [-0.39, 0.29) is 0 Å². The van der Waals surface area contributed by atoms with Gasteiger partial charge < -0.3 is 5.32 Å². The number of hydrogen-bond donors (Lipinski definition) is 1. The van der Waals surface area contributed by atoms with Crippen LogP contribution in [0.15, 0.2) is 18.5 Å². The van der Waals surface area contributed by atoms with Crippen molar-refractivity contribution in [2.45, 2.75) is 33.1 Å². The zero-order valence-corrected chi connectivity index (χ0v) is 9.38. The largest absolute Gasteiger partial charge is 0.317 e. The van der Waals surface area contributed by atoms with E-state index in [9.17, 15) is 0 Å². The van der Waals surface area contributed by atoms with E-state index >= 15 is 0 Å². The summed E-state index contributed by atoms with van der Waals surface area (Å²) in [5, 5.41) is 3.34. The first-order valence-electron chi connectivity index (χ1n) is 5.36. The summed E-state index contributed by atoms with van der Waals surface area (Å²) in [5.41, 5.74) is 2.60. The normalized spacial score (nSPS) is 12.8. The van der Waals surface area contributed by atoms with E-state index in [0.29, 0.717) is 5.92 Å². The highest BCUT2D eigenvalue weighted by Crippen LogP contribution is 2.17. The Morgan fingerprint density at radius 1 is 1.43 bits per heavy atom. The Balaban J connectivity index is 2.47. The van der Waals surface area contributed by atoms with Crippen molar-refractivity contribution in [2.75, 3.05) is 13.1 Å². The van der Waals surface area contributed by atoms with Crippen LogP contribution in [0.25, 0.3) is 0 Å². The summed E-state index contributed by atoms with van der Waals surface area (Å²) in [7, 11) is 0. The Hall–Kier alpha value is -0.890. The average molecular weight is 192 g/mol. The van der Waals surface area contributed by atoms with Crippen LogP contribution in [0.3, 0.4) is 0 Å². The Morgan fingerprint density at radius 3 is 2.86 bits per heavy atom. The number of aryl methyl sites for hydroxylation is 1. The second kappa shape index (κ2) is 5.76. The minimum atomic E-state index is 0.599. The number of nitrogens with one attached hydrogen (secondary N) is 1. The third kappa shape index (κ3) is 3.46. The van der Waals surface area contributed by atoms with Gasteiger partial charge in [-0.3, -0.25) is 4.98 Å². The number of hydrogen-bond acceptors (Lipinski definition) is 2. The van der Waals surface area contributed by atoms with Crippen molar-refractivity contribution in [3.05, 3.63) is 29.6 Å². The fourth-order valence-corrected chi connectivity index (χ4v) is 1.51. The molecule has 14 heavy (non-hydrogen) atoms. The summed E-state index contributed by atoms with van der Waals surface area (Å²) < 4.78 is 0. The summed E-state index contributed by atoms with van der Waals surface area (Å²) in [5.74, 6) is 0.599. The van der Waals surface area contributed by atoms with E-state index in [4.69, 9.17) is 0 Å². The molecule has 0 saturated heterocycles. The summed E-state index contributed by atoms with van der Waals surface area (Å²) in [6, 6.07) is 2.23. The van der Waals surface area contributed by atoms with Crippen LogP contribution in [0.1, 0.15) is 37.3 Å². The zero-order chi connectivity index (χ0) is 10.4. The van der Waals surface area contributed by atoms with Crippen molar-refractivity contribution in [1.29, 1.82) is 0 Å². The summed E-state index contributed by atoms with van der Waals surface area (Å²) in [4.78, 5) is 4.21. The van der Waals surface area contributed by atoms with Crippen LogP contribution in [0, 0.1) is 6.92 Å². The first-order valence-corrected chi connectivity index (χ1v) is 5.36. The quantitative estimate of drug-likeness (QED) is 0.725. The van der Waals surface area contributed by atoms with Crippen molar-refractivity contribution in [3.63, 3.8) is 0 Å². The molecular formula is C12H20N2. The van der Waals surface area contributed by atoms with Crippen LogP contribution in [-0.2, 0) is 0 Å². The van der Waals surface area contributed by atoms with E-state index < -0.39 is 0 Å². The van der Waals surface area contributed by atoms with Gasteiger partial charge in [-0.25, -0.2) is 0 Å². The highest BCUT2D eigenvalue weighted by Gasteiger charge is 2.04. The van der Waals surface area contributed by atoms with Crippen LogP contribution in [-0.4, -0.2) is 18.1 Å². The van der Waals surface area contributed by atoms with E-state index in [2.05, 4.69) is 37.1 Å². The molecule has 0 aliphatic heterocycles. The molecule has 0 amide bonds. The van der Waals surface area contributed by atoms with Gasteiger partial charge >= 0.3 is 0 Å². The van der Waals surface area contributed by atoms with Gasteiger partial charge in [0.15, 0.2) is 0 Å². The lowest BCUT2D eigenvalue weighted by Crippen LogP contribution is -2.16. The highest BCUT2D eigenvalue weighted by molar-refractivity contribution is 5.19. The summed E-state index contributed by atoms with van der Waals surface area (Å²) in [6.07, 6.45) is 5.06. The molecule has 1 aromatic heterocycles. The maximum atomic E-state index is 4.21. The van der Waals surface area contributed by atoms with Crippen molar-refractivity contribution in [1.82, 2.24) is 10.3 Å². The summed E-state index contributed by atoms with van der Waals surface area (Å²) >= 11 is 0. The molecule has 0 aliphatic rings. The molecule has 0 bridgehead atoms. The van der Waals surface area contributed by atoms with Gasteiger partial charge in [0.1, 0.15) is 0 Å². The third-order valence-corrected chi connectivity index (χ3v) is 2.47. The minimum absolute atomic E-state index is 0.599. The molecule has 2 heteroatoms. The number of nitrogens with zero attached hydrogens (tertiary/aromatic N) is 1. The fraction of sp³-hybridized carbons (Fsp3) is 0.583. The Labute approximate surface area is 86.8 Å². The van der Waals surface area contributed by atoms with Crippen LogP contribution < -0.4 is 5.32 Å². The molecule has 1 rings (SSSR count). The first kappa shape index (κ1) is 11.2. The van der Waals surface area contributed by atoms with Gasteiger partial charge in [0.05, 0.1) is 0 Å². The van der Waals surface area contributed by atoms with E-state index in [1.54, 1.807) is 0 Å². The highest BCUT2D eigenvalue weighted by atomic mass is 14.8. The van der Waals surface area contributed by atoms with Crippen LogP contribution in [0.4, 0.5) is 0 Å². The maximum absolute atomic E-state index is 4.21. The number of rotatable bonds is 5. The van der Waals surface area contributed by atoms with E-state index in [1.807, 2.05) is 12.4 Å². The average Bonchev–Trinajstić information content (AvgIpc) is 2.18.